The van der Waals surface area contributed by atoms with E-state index < -0.39 is 5.91 Å². The molecular weight excluding hydrogens is 386 g/mol. The maximum atomic E-state index is 12.5. The van der Waals surface area contributed by atoms with Crippen LogP contribution in [-0.4, -0.2) is 35.3 Å². The van der Waals surface area contributed by atoms with Crippen LogP contribution in [0.3, 0.4) is 0 Å². The third-order valence-corrected chi connectivity index (χ3v) is 4.90. The number of thioether (sulfide) groups is 1. The predicted octanol–water partition coefficient (Wildman–Crippen LogP) is 5.02. The van der Waals surface area contributed by atoms with Crippen LogP contribution in [0.2, 0.25) is 5.02 Å². The van der Waals surface area contributed by atoms with E-state index in [1.807, 2.05) is 6.07 Å². The van der Waals surface area contributed by atoms with Gasteiger partial charge in [0, 0.05) is 35.6 Å². The Hall–Kier alpha value is -2.77. The number of aromatic nitrogens is 1. The number of nitrogens with one attached hydrogen (secondary N) is 1. The molecule has 0 saturated heterocycles. The molecule has 0 saturated carbocycles. The van der Waals surface area contributed by atoms with Crippen LogP contribution >= 0.6 is 23.4 Å². The van der Waals surface area contributed by atoms with Gasteiger partial charge in [-0.15, -0.1) is 0 Å². The molecule has 3 rings (SSSR count). The lowest BCUT2D eigenvalue weighted by Crippen LogP contribution is -2.17. The zero-order chi connectivity index (χ0) is 19.4. The van der Waals surface area contributed by atoms with Crippen LogP contribution in [0.25, 0.3) is 11.3 Å². The monoisotopic (exact) mass is 401 g/mol. The van der Waals surface area contributed by atoms with Gasteiger partial charge >= 0.3 is 0 Å². The second-order valence-corrected chi connectivity index (χ2v) is 7.23. The third-order valence-electron chi connectivity index (χ3n) is 3.55. The van der Waals surface area contributed by atoms with Crippen molar-refractivity contribution in [3.8, 4) is 11.3 Å². The van der Waals surface area contributed by atoms with Crippen molar-refractivity contribution in [1.82, 2.24) is 10.1 Å². The van der Waals surface area contributed by atoms with E-state index in [1.165, 1.54) is 4.90 Å². The lowest BCUT2D eigenvalue weighted by atomic mass is 10.1. The summed E-state index contributed by atoms with van der Waals surface area (Å²) >= 11 is 7.01. The van der Waals surface area contributed by atoms with Crippen LogP contribution in [0.4, 0.5) is 10.5 Å². The smallest absolute Gasteiger partial charge is 0.286 e. The average Bonchev–Trinajstić information content (AvgIpc) is 3.13. The summed E-state index contributed by atoms with van der Waals surface area (Å²) < 4.78 is 5.26. The number of rotatable bonds is 4. The summed E-state index contributed by atoms with van der Waals surface area (Å²) in [7, 11) is 3.34. The molecule has 2 aromatic carbocycles. The van der Waals surface area contributed by atoms with Crippen LogP contribution in [-0.2, 0) is 0 Å². The SMILES string of the molecule is CN(C)C(=O)Sc1ccccc1NC(=O)c1cc(-c2cccc(Cl)c2)on1. The Bertz CT molecular complexity index is 988. The Morgan fingerprint density at radius 2 is 1.89 bits per heavy atom. The largest absolute Gasteiger partial charge is 0.355 e. The molecule has 27 heavy (non-hydrogen) atoms. The van der Waals surface area contributed by atoms with E-state index in [4.69, 9.17) is 16.1 Å². The number of amides is 2. The Balaban J connectivity index is 1.78. The number of benzene rings is 2. The molecule has 8 heteroatoms. The molecule has 0 bridgehead atoms. The summed E-state index contributed by atoms with van der Waals surface area (Å²) in [5.74, 6) is 0.00507. The zero-order valence-electron chi connectivity index (χ0n) is 14.6. The Morgan fingerprint density at radius 1 is 1.11 bits per heavy atom. The fraction of sp³-hybridized carbons (Fsp3) is 0.105. The Kier molecular flexibility index (Phi) is 5.83. The highest BCUT2D eigenvalue weighted by Gasteiger charge is 2.17. The average molecular weight is 402 g/mol. The van der Waals surface area contributed by atoms with Gasteiger partial charge in [0.25, 0.3) is 11.1 Å². The van der Waals surface area contributed by atoms with Gasteiger partial charge in [-0.05, 0) is 36.0 Å². The minimum Gasteiger partial charge on any atom is -0.355 e. The minimum absolute atomic E-state index is 0.128. The highest BCUT2D eigenvalue weighted by Crippen LogP contribution is 2.29. The highest BCUT2D eigenvalue weighted by molar-refractivity contribution is 8.13. The van der Waals surface area contributed by atoms with Crippen molar-refractivity contribution in [3.05, 3.63) is 65.3 Å². The molecule has 0 aliphatic rings. The second kappa shape index (κ2) is 8.28. The van der Waals surface area contributed by atoms with Crippen LogP contribution in [0, 0.1) is 0 Å². The van der Waals surface area contributed by atoms with E-state index in [9.17, 15) is 9.59 Å². The van der Waals surface area contributed by atoms with Crippen LogP contribution in [0.1, 0.15) is 10.5 Å². The van der Waals surface area contributed by atoms with Gasteiger partial charge in [-0.3, -0.25) is 9.59 Å². The first-order chi connectivity index (χ1) is 12.9. The molecular formula is C19H16ClN3O3S. The number of nitrogens with zero attached hydrogens (tertiary/aromatic N) is 2. The zero-order valence-corrected chi connectivity index (χ0v) is 16.2. The van der Waals surface area contributed by atoms with Gasteiger partial charge in [-0.2, -0.15) is 0 Å². The summed E-state index contributed by atoms with van der Waals surface area (Å²) in [5.41, 5.74) is 1.38. The number of hydrogen-bond acceptors (Lipinski definition) is 5. The van der Waals surface area contributed by atoms with Gasteiger partial charge in [-0.1, -0.05) is 41.0 Å². The summed E-state index contributed by atoms with van der Waals surface area (Å²) in [6.07, 6.45) is 0. The molecule has 1 aromatic heterocycles. The van der Waals surface area contributed by atoms with Crippen molar-refractivity contribution < 1.29 is 14.1 Å². The first-order valence-corrected chi connectivity index (χ1v) is 9.15. The Morgan fingerprint density at radius 3 is 2.63 bits per heavy atom. The highest BCUT2D eigenvalue weighted by atomic mass is 35.5. The van der Waals surface area contributed by atoms with Crippen LogP contribution in [0.5, 0.6) is 0 Å². The molecule has 6 nitrogen and oxygen atoms in total. The first-order valence-electron chi connectivity index (χ1n) is 7.96. The lowest BCUT2D eigenvalue weighted by molar-refractivity contribution is 0.101. The summed E-state index contributed by atoms with van der Waals surface area (Å²) in [6.45, 7) is 0. The van der Waals surface area contributed by atoms with Crippen LogP contribution < -0.4 is 5.32 Å². The van der Waals surface area contributed by atoms with Crippen molar-refractivity contribution in [3.63, 3.8) is 0 Å². The molecule has 138 valence electrons. The number of anilines is 1. The number of carbonyl (C=O) groups is 2. The maximum Gasteiger partial charge on any atom is 0.286 e. The predicted molar refractivity (Wildman–Crippen MR) is 106 cm³/mol. The number of para-hydroxylation sites is 1. The van der Waals surface area contributed by atoms with Gasteiger partial charge in [0.05, 0.1) is 5.69 Å². The second-order valence-electron chi connectivity index (χ2n) is 5.80. The van der Waals surface area contributed by atoms with Crippen molar-refractivity contribution in [1.29, 1.82) is 0 Å². The maximum absolute atomic E-state index is 12.5. The third kappa shape index (κ3) is 4.69. The normalized spacial score (nSPS) is 10.5. The Labute approximate surface area is 165 Å². The van der Waals surface area contributed by atoms with Crippen molar-refractivity contribution in [2.45, 2.75) is 4.90 Å². The first kappa shape index (κ1) is 19.0. The number of hydrogen-bond donors (Lipinski definition) is 1. The standard InChI is InChI=1S/C19H16ClN3O3S/c1-23(2)19(25)27-17-9-4-3-8-14(17)21-18(24)15-11-16(26-22-15)12-6-5-7-13(20)10-12/h3-11H,1-2H3,(H,21,24). The van der Waals surface area contributed by atoms with E-state index >= 15 is 0 Å². The van der Waals surface area contributed by atoms with Gasteiger partial charge in [0.15, 0.2) is 11.5 Å². The molecule has 1 heterocycles. The molecule has 0 fully saturated rings. The van der Waals surface area contributed by atoms with Crippen molar-refractivity contribution in [2.24, 2.45) is 0 Å². The van der Waals surface area contributed by atoms with Crippen molar-refractivity contribution in [2.75, 3.05) is 19.4 Å². The number of carbonyl (C=O) groups excluding carboxylic acids is 2. The van der Waals surface area contributed by atoms with E-state index in [1.54, 1.807) is 62.6 Å². The lowest BCUT2D eigenvalue weighted by Gasteiger charge is -2.12. The molecule has 0 aliphatic carbocycles. The van der Waals surface area contributed by atoms with Crippen molar-refractivity contribution >= 4 is 40.2 Å². The van der Waals surface area contributed by atoms with Gasteiger partial charge < -0.3 is 14.7 Å². The van der Waals surface area contributed by atoms with E-state index in [2.05, 4.69) is 10.5 Å². The molecule has 0 unspecified atom stereocenters. The van der Waals surface area contributed by atoms with E-state index in [0.717, 1.165) is 17.3 Å². The summed E-state index contributed by atoms with van der Waals surface area (Å²) in [4.78, 5) is 26.6. The fourth-order valence-corrected chi connectivity index (χ4v) is 3.13. The molecule has 0 atom stereocenters. The molecule has 0 spiro atoms. The van der Waals surface area contributed by atoms with Crippen LogP contribution in [0.15, 0.2) is 64.0 Å². The molecule has 0 radical (unpaired) electrons. The van der Waals surface area contributed by atoms with E-state index in [-0.39, 0.29) is 10.9 Å². The molecule has 1 N–H and O–H groups in total. The number of halogens is 1. The van der Waals surface area contributed by atoms with Gasteiger partial charge in [0.2, 0.25) is 0 Å². The van der Waals surface area contributed by atoms with E-state index in [0.29, 0.717) is 21.4 Å². The van der Waals surface area contributed by atoms with Gasteiger partial charge in [0.1, 0.15) is 0 Å². The quantitative estimate of drug-likeness (QED) is 0.621. The fourth-order valence-electron chi connectivity index (χ4n) is 2.19. The molecule has 3 aromatic rings. The minimum atomic E-state index is -0.433. The summed E-state index contributed by atoms with van der Waals surface area (Å²) in [5, 5.41) is 7.02. The molecule has 0 aliphatic heterocycles. The summed E-state index contributed by atoms with van der Waals surface area (Å²) in [6, 6.07) is 15.7. The molecule has 2 amide bonds. The topological polar surface area (TPSA) is 75.4 Å². The van der Waals surface area contributed by atoms with Gasteiger partial charge in [-0.25, -0.2) is 0 Å².